The fourth-order valence-corrected chi connectivity index (χ4v) is 3.73. The molecule has 4 aromatic rings. The van der Waals surface area contributed by atoms with Gasteiger partial charge in [-0.15, -0.1) is 0 Å². The molecule has 0 fully saturated rings. The van der Waals surface area contributed by atoms with Crippen LogP contribution in [0.1, 0.15) is 17.0 Å². The van der Waals surface area contributed by atoms with E-state index in [1.165, 1.54) is 12.1 Å². The maximum Gasteiger partial charge on any atom is 0.269 e. The summed E-state index contributed by atoms with van der Waals surface area (Å²) < 4.78 is 5.99. The van der Waals surface area contributed by atoms with E-state index in [-0.39, 0.29) is 5.69 Å². The van der Waals surface area contributed by atoms with Gasteiger partial charge in [-0.1, -0.05) is 0 Å². The molecule has 0 amide bonds. The molecule has 0 spiro atoms. The number of benzene rings is 1. The molecular formula is C23H19N5O3. The highest BCUT2D eigenvalue weighted by molar-refractivity contribution is 5.59. The summed E-state index contributed by atoms with van der Waals surface area (Å²) in [5.74, 6) is 2.26. The van der Waals surface area contributed by atoms with Crippen LogP contribution in [0.3, 0.4) is 0 Å². The molecule has 0 saturated carbocycles. The molecule has 0 radical (unpaired) electrons. The van der Waals surface area contributed by atoms with Gasteiger partial charge in [0.05, 0.1) is 17.2 Å². The second-order valence-corrected chi connectivity index (χ2v) is 7.44. The van der Waals surface area contributed by atoms with Crippen molar-refractivity contribution in [2.75, 3.05) is 6.54 Å². The number of furan rings is 1. The number of aromatic nitrogens is 3. The SMILES string of the molecule is O=[N+]([O-])c1ccc(-c2ccc(CN3CCc4nc(-c5cccnc5)ncc4C3)o2)cc1. The van der Waals surface area contributed by atoms with Crippen molar-refractivity contribution in [2.45, 2.75) is 19.5 Å². The van der Waals surface area contributed by atoms with Crippen molar-refractivity contribution in [3.63, 3.8) is 0 Å². The fourth-order valence-electron chi connectivity index (χ4n) is 3.73. The predicted molar refractivity (Wildman–Crippen MR) is 114 cm³/mol. The number of hydrogen-bond donors (Lipinski definition) is 0. The molecular weight excluding hydrogens is 394 g/mol. The zero-order chi connectivity index (χ0) is 21.2. The molecule has 0 aliphatic carbocycles. The van der Waals surface area contributed by atoms with Gasteiger partial charge in [0.2, 0.25) is 0 Å². The van der Waals surface area contributed by atoms with Crippen molar-refractivity contribution in [1.29, 1.82) is 0 Å². The molecule has 0 bridgehead atoms. The van der Waals surface area contributed by atoms with Gasteiger partial charge in [-0.05, 0) is 36.4 Å². The van der Waals surface area contributed by atoms with E-state index < -0.39 is 4.92 Å². The van der Waals surface area contributed by atoms with Gasteiger partial charge in [0.15, 0.2) is 5.82 Å². The molecule has 0 N–H and O–H groups in total. The average Bonchev–Trinajstić information content (AvgIpc) is 3.28. The minimum atomic E-state index is -0.408. The lowest BCUT2D eigenvalue weighted by atomic mass is 10.1. The first kappa shape index (κ1) is 19.1. The van der Waals surface area contributed by atoms with E-state index in [1.54, 1.807) is 24.5 Å². The Morgan fingerprint density at radius 2 is 1.94 bits per heavy atom. The highest BCUT2D eigenvalue weighted by Crippen LogP contribution is 2.26. The van der Waals surface area contributed by atoms with E-state index in [0.29, 0.717) is 18.1 Å². The monoisotopic (exact) mass is 413 g/mol. The summed E-state index contributed by atoms with van der Waals surface area (Å²) in [5.41, 5.74) is 4.01. The van der Waals surface area contributed by atoms with Gasteiger partial charge in [0.1, 0.15) is 11.5 Å². The van der Waals surface area contributed by atoms with Crippen molar-refractivity contribution >= 4 is 5.69 Å². The largest absolute Gasteiger partial charge is 0.460 e. The van der Waals surface area contributed by atoms with Gasteiger partial charge in [-0.2, -0.15) is 0 Å². The van der Waals surface area contributed by atoms with E-state index in [4.69, 9.17) is 9.40 Å². The van der Waals surface area contributed by atoms with E-state index in [1.807, 2.05) is 30.5 Å². The van der Waals surface area contributed by atoms with Crippen LogP contribution in [-0.2, 0) is 19.5 Å². The average molecular weight is 413 g/mol. The molecule has 0 saturated heterocycles. The Morgan fingerprint density at radius 1 is 1.06 bits per heavy atom. The van der Waals surface area contributed by atoms with E-state index in [2.05, 4.69) is 14.9 Å². The molecule has 8 heteroatoms. The maximum absolute atomic E-state index is 10.8. The number of hydrogen-bond acceptors (Lipinski definition) is 7. The summed E-state index contributed by atoms with van der Waals surface area (Å²) >= 11 is 0. The zero-order valence-corrected chi connectivity index (χ0v) is 16.6. The summed E-state index contributed by atoms with van der Waals surface area (Å²) in [6.07, 6.45) is 6.26. The highest BCUT2D eigenvalue weighted by atomic mass is 16.6. The zero-order valence-electron chi connectivity index (χ0n) is 16.6. The third-order valence-electron chi connectivity index (χ3n) is 5.34. The van der Waals surface area contributed by atoms with Crippen LogP contribution < -0.4 is 0 Å². The van der Waals surface area contributed by atoms with E-state index in [0.717, 1.165) is 47.7 Å². The van der Waals surface area contributed by atoms with E-state index >= 15 is 0 Å². The van der Waals surface area contributed by atoms with Crippen molar-refractivity contribution in [3.05, 3.63) is 94.3 Å². The first-order chi connectivity index (χ1) is 15.2. The molecule has 8 nitrogen and oxygen atoms in total. The first-order valence-electron chi connectivity index (χ1n) is 9.97. The van der Waals surface area contributed by atoms with Crippen LogP contribution in [0.25, 0.3) is 22.7 Å². The van der Waals surface area contributed by atoms with Gasteiger partial charge < -0.3 is 4.42 Å². The maximum atomic E-state index is 10.8. The predicted octanol–water partition coefficient (Wildman–Crippen LogP) is 4.27. The summed E-state index contributed by atoms with van der Waals surface area (Å²) in [7, 11) is 0. The van der Waals surface area contributed by atoms with Crippen molar-refractivity contribution in [1.82, 2.24) is 19.9 Å². The fraction of sp³-hybridized carbons (Fsp3) is 0.174. The quantitative estimate of drug-likeness (QED) is 0.356. The lowest BCUT2D eigenvalue weighted by Crippen LogP contribution is -2.30. The number of nitro groups is 1. The van der Waals surface area contributed by atoms with Crippen LogP contribution in [0.2, 0.25) is 0 Å². The second kappa shape index (κ2) is 8.08. The van der Waals surface area contributed by atoms with Crippen LogP contribution in [0, 0.1) is 10.1 Å². The Labute approximate surface area is 178 Å². The summed E-state index contributed by atoms with van der Waals surface area (Å²) in [5, 5.41) is 10.8. The molecule has 154 valence electrons. The molecule has 4 heterocycles. The van der Waals surface area contributed by atoms with Gasteiger partial charge in [-0.3, -0.25) is 20.0 Å². The molecule has 1 aliphatic rings. The van der Waals surface area contributed by atoms with Gasteiger partial charge in [0.25, 0.3) is 5.69 Å². The lowest BCUT2D eigenvalue weighted by Gasteiger charge is -2.27. The summed E-state index contributed by atoms with van der Waals surface area (Å²) in [6.45, 7) is 2.32. The summed E-state index contributed by atoms with van der Waals surface area (Å²) in [6, 6.07) is 14.1. The number of non-ortho nitro benzene ring substituents is 1. The Kier molecular flexibility index (Phi) is 4.97. The number of rotatable bonds is 5. The number of nitro benzene ring substituents is 1. The number of nitrogens with zero attached hydrogens (tertiary/aromatic N) is 5. The molecule has 5 rings (SSSR count). The smallest absolute Gasteiger partial charge is 0.269 e. The molecule has 31 heavy (non-hydrogen) atoms. The highest BCUT2D eigenvalue weighted by Gasteiger charge is 2.20. The van der Waals surface area contributed by atoms with Gasteiger partial charge >= 0.3 is 0 Å². The molecule has 1 aromatic carbocycles. The third kappa shape index (κ3) is 4.06. The first-order valence-corrected chi connectivity index (χ1v) is 9.97. The summed E-state index contributed by atoms with van der Waals surface area (Å²) in [4.78, 5) is 26.1. The Balaban J connectivity index is 1.27. The Bertz CT molecular complexity index is 1220. The second-order valence-electron chi connectivity index (χ2n) is 7.44. The van der Waals surface area contributed by atoms with Crippen molar-refractivity contribution < 1.29 is 9.34 Å². The van der Waals surface area contributed by atoms with Gasteiger partial charge in [0, 0.05) is 66.9 Å². The topological polar surface area (TPSA) is 98.2 Å². The number of pyridine rings is 1. The Morgan fingerprint density at radius 3 is 2.71 bits per heavy atom. The van der Waals surface area contributed by atoms with Crippen LogP contribution in [-0.4, -0.2) is 31.3 Å². The molecule has 3 aromatic heterocycles. The van der Waals surface area contributed by atoms with Gasteiger partial charge in [-0.25, -0.2) is 9.97 Å². The minimum Gasteiger partial charge on any atom is -0.460 e. The molecule has 0 atom stereocenters. The van der Waals surface area contributed by atoms with E-state index in [9.17, 15) is 10.1 Å². The normalized spacial score (nSPS) is 13.7. The van der Waals surface area contributed by atoms with Crippen LogP contribution in [0.5, 0.6) is 0 Å². The Hall–Kier alpha value is -3.91. The van der Waals surface area contributed by atoms with Crippen molar-refractivity contribution in [2.24, 2.45) is 0 Å². The van der Waals surface area contributed by atoms with Crippen molar-refractivity contribution in [3.8, 4) is 22.7 Å². The minimum absolute atomic E-state index is 0.0661. The third-order valence-corrected chi connectivity index (χ3v) is 5.34. The van der Waals surface area contributed by atoms with Crippen LogP contribution >= 0.6 is 0 Å². The standard InChI is InChI=1S/C23H19N5O3/c29-28(30)19-5-3-16(4-6-19)22-8-7-20(31-22)15-27-11-9-21-18(14-27)13-25-23(26-21)17-2-1-10-24-12-17/h1-8,10,12-13H,9,11,14-15H2. The molecule has 0 unspecified atom stereocenters. The lowest BCUT2D eigenvalue weighted by molar-refractivity contribution is -0.384. The number of fused-ring (bicyclic) bond motifs is 1. The van der Waals surface area contributed by atoms with Crippen LogP contribution in [0.15, 0.2) is 71.5 Å². The molecule has 1 aliphatic heterocycles. The van der Waals surface area contributed by atoms with Crippen LogP contribution in [0.4, 0.5) is 5.69 Å².